The highest BCUT2D eigenvalue weighted by atomic mass is 35.5. The minimum atomic E-state index is 0. The van der Waals surface area contributed by atoms with Crippen LogP contribution >= 0.6 is 11.6 Å². The van der Waals surface area contributed by atoms with E-state index >= 15 is 0 Å². The number of rotatable bonds is 8. The Balaban J connectivity index is 0.00000264. The van der Waals surface area contributed by atoms with Crippen molar-refractivity contribution in [1.82, 2.24) is 5.32 Å². The second kappa shape index (κ2) is 10.4. The zero-order chi connectivity index (χ0) is 15.8. The van der Waals surface area contributed by atoms with Gasteiger partial charge in [0, 0.05) is 11.6 Å². The first-order chi connectivity index (χ1) is 10.7. The van der Waals surface area contributed by atoms with Crippen LogP contribution in [0.25, 0.3) is 0 Å². The Labute approximate surface area is 149 Å². The van der Waals surface area contributed by atoms with E-state index < -0.39 is 0 Å². The highest BCUT2D eigenvalue weighted by molar-refractivity contribution is 6.30. The first-order valence-corrected chi connectivity index (χ1v) is 7.85. The quantitative estimate of drug-likeness (QED) is 0.727. The minimum Gasteiger partial charge on any atom is -1.00 e. The lowest BCUT2D eigenvalue weighted by Crippen LogP contribution is -3.00. The van der Waals surface area contributed by atoms with Gasteiger partial charge in [0.15, 0.2) is 11.5 Å². The molecule has 0 spiro atoms. The summed E-state index contributed by atoms with van der Waals surface area (Å²) in [6.07, 6.45) is 1.12. The normalized spacial score (nSPS) is 10.0. The molecule has 2 aromatic carbocycles. The summed E-state index contributed by atoms with van der Waals surface area (Å²) in [5, 5.41) is 4.10. The van der Waals surface area contributed by atoms with Crippen LogP contribution in [0.1, 0.15) is 24.5 Å². The van der Waals surface area contributed by atoms with Crippen molar-refractivity contribution in [3.63, 3.8) is 0 Å². The third-order valence-corrected chi connectivity index (χ3v) is 3.54. The topological polar surface area (TPSA) is 30.5 Å². The van der Waals surface area contributed by atoms with Gasteiger partial charge in [-0.3, -0.25) is 0 Å². The van der Waals surface area contributed by atoms with Crippen molar-refractivity contribution in [2.75, 3.05) is 13.7 Å². The number of nitrogens with one attached hydrogen (secondary N) is 1. The van der Waals surface area contributed by atoms with E-state index in [2.05, 4.69) is 18.3 Å². The number of benzene rings is 2. The molecule has 3 nitrogen and oxygen atoms in total. The van der Waals surface area contributed by atoms with Gasteiger partial charge in [-0.05, 0) is 48.4 Å². The van der Waals surface area contributed by atoms with Gasteiger partial charge < -0.3 is 27.2 Å². The molecule has 0 radical (unpaired) electrons. The smallest absolute Gasteiger partial charge is 0.161 e. The van der Waals surface area contributed by atoms with Crippen LogP contribution in [-0.4, -0.2) is 13.7 Å². The summed E-state index contributed by atoms with van der Waals surface area (Å²) in [4.78, 5) is 0. The number of hydrogen-bond acceptors (Lipinski definition) is 3. The van der Waals surface area contributed by atoms with Crippen LogP contribution in [0.5, 0.6) is 11.5 Å². The van der Waals surface area contributed by atoms with E-state index in [1.54, 1.807) is 7.11 Å². The van der Waals surface area contributed by atoms with Gasteiger partial charge in [-0.25, -0.2) is 0 Å². The van der Waals surface area contributed by atoms with Crippen LogP contribution in [0.15, 0.2) is 42.5 Å². The fraction of sp³-hybridized carbons (Fsp3) is 0.333. The van der Waals surface area contributed by atoms with Gasteiger partial charge in [0.2, 0.25) is 0 Å². The molecule has 23 heavy (non-hydrogen) atoms. The molecule has 5 heteroatoms. The van der Waals surface area contributed by atoms with Gasteiger partial charge in [0.1, 0.15) is 6.61 Å². The van der Waals surface area contributed by atoms with Gasteiger partial charge in [-0.1, -0.05) is 36.7 Å². The predicted molar refractivity (Wildman–Crippen MR) is 90.8 cm³/mol. The fourth-order valence-corrected chi connectivity index (χ4v) is 2.22. The Bertz CT molecular complexity index is 588. The number of halogens is 2. The first-order valence-electron chi connectivity index (χ1n) is 7.47. The summed E-state index contributed by atoms with van der Waals surface area (Å²) in [5.41, 5.74) is 2.25. The van der Waals surface area contributed by atoms with Gasteiger partial charge in [-0.2, -0.15) is 0 Å². The van der Waals surface area contributed by atoms with Crippen LogP contribution in [0, 0.1) is 0 Å². The molecule has 0 saturated heterocycles. The Morgan fingerprint density at radius 2 is 1.70 bits per heavy atom. The molecule has 2 aromatic rings. The molecule has 0 aliphatic carbocycles. The van der Waals surface area contributed by atoms with Crippen molar-refractivity contribution in [2.24, 2.45) is 0 Å². The number of hydrogen-bond donors (Lipinski definition) is 1. The van der Waals surface area contributed by atoms with E-state index in [0.717, 1.165) is 41.6 Å². The second-order valence-corrected chi connectivity index (χ2v) is 5.51. The zero-order valence-corrected chi connectivity index (χ0v) is 15.0. The first kappa shape index (κ1) is 19.6. The Morgan fingerprint density at radius 1 is 1.00 bits per heavy atom. The van der Waals surface area contributed by atoms with Crippen molar-refractivity contribution in [2.45, 2.75) is 26.5 Å². The fourth-order valence-electron chi connectivity index (χ4n) is 2.09. The zero-order valence-electron chi connectivity index (χ0n) is 13.4. The van der Waals surface area contributed by atoms with Gasteiger partial charge in [-0.15, -0.1) is 0 Å². The SMILES string of the molecule is CCCNCc1ccc(OCc2ccc(Cl)cc2)c(OC)c1.[Cl-]. The molecule has 0 aromatic heterocycles. The van der Waals surface area contributed by atoms with Crippen LogP contribution in [-0.2, 0) is 13.2 Å². The summed E-state index contributed by atoms with van der Waals surface area (Å²) >= 11 is 5.88. The molecular weight excluding hydrogens is 333 g/mol. The average Bonchev–Trinajstić information content (AvgIpc) is 2.55. The second-order valence-electron chi connectivity index (χ2n) is 5.08. The van der Waals surface area contributed by atoms with E-state index in [1.807, 2.05) is 36.4 Å². The number of methoxy groups -OCH3 is 1. The van der Waals surface area contributed by atoms with Crippen molar-refractivity contribution >= 4 is 11.6 Å². The van der Waals surface area contributed by atoms with Gasteiger partial charge in [0.05, 0.1) is 7.11 Å². The summed E-state index contributed by atoms with van der Waals surface area (Å²) in [5.74, 6) is 1.50. The van der Waals surface area contributed by atoms with Crippen molar-refractivity contribution in [3.8, 4) is 11.5 Å². The standard InChI is InChI=1S/C18H22ClNO2.ClH/c1-3-10-20-12-15-6-9-17(18(11-15)21-2)22-13-14-4-7-16(19)8-5-14;/h4-9,11,20H,3,10,12-13H2,1-2H3;1H/p-1. The summed E-state index contributed by atoms with van der Waals surface area (Å²) in [7, 11) is 1.66. The van der Waals surface area contributed by atoms with Crippen LogP contribution in [0.4, 0.5) is 0 Å². The molecule has 1 N–H and O–H groups in total. The maximum Gasteiger partial charge on any atom is 0.161 e. The molecule has 0 bridgehead atoms. The molecule has 0 aliphatic rings. The lowest BCUT2D eigenvalue weighted by atomic mass is 10.2. The average molecular weight is 355 g/mol. The van der Waals surface area contributed by atoms with Gasteiger partial charge >= 0.3 is 0 Å². The van der Waals surface area contributed by atoms with Crippen molar-refractivity contribution in [1.29, 1.82) is 0 Å². The van der Waals surface area contributed by atoms with Crippen molar-refractivity contribution < 1.29 is 21.9 Å². The van der Waals surface area contributed by atoms with Crippen molar-refractivity contribution in [3.05, 3.63) is 58.6 Å². The largest absolute Gasteiger partial charge is 1.00 e. The third kappa shape index (κ3) is 6.30. The molecule has 0 amide bonds. The van der Waals surface area contributed by atoms with Crippen LogP contribution in [0.2, 0.25) is 5.02 Å². The van der Waals surface area contributed by atoms with Crippen LogP contribution in [0.3, 0.4) is 0 Å². The maximum absolute atomic E-state index is 5.88. The Morgan fingerprint density at radius 3 is 2.35 bits per heavy atom. The van der Waals surface area contributed by atoms with E-state index in [9.17, 15) is 0 Å². The molecule has 0 saturated carbocycles. The van der Waals surface area contributed by atoms with E-state index in [4.69, 9.17) is 21.1 Å². The molecule has 0 fully saturated rings. The number of ether oxygens (including phenoxy) is 2. The van der Waals surface area contributed by atoms with E-state index in [-0.39, 0.29) is 12.4 Å². The molecular formula is C18H22Cl2NO2-. The molecule has 0 unspecified atom stereocenters. The molecule has 0 aliphatic heterocycles. The van der Waals surface area contributed by atoms with Gasteiger partial charge in [0.25, 0.3) is 0 Å². The summed E-state index contributed by atoms with van der Waals surface area (Å²) in [6.45, 7) is 4.49. The monoisotopic (exact) mass is 354 g/mol. The maximum atomic E-state index is 5.88. The predicted octanol–water partition coefficient (Wildman–Crippen LogP) is 1.43. The summed E-state index contributed by atoms with van der Waals surface area (Å²) < 4.78 is 11.3. The Kier molecular flexibility index (Phi) is 8.85. The molecule has 126 valence electrons. The molecule has 2 rings (SSSR count). The molecule has 0 heterocycles. The Hall–Kier alpha value is -1.42. The highest BCUT2D eigenvalue weighted by Crippen LogP contribution is 2.29. The summed E-state index contributed by atoms with van der Waals surface area (Å²) in [6, 6.07) is 13.7. The highest BCUT2D eigenvalue weighted by Gasteiger charge is 2.06. The lowest BCUT2D eigenvalue weighted by Gasteiger charge is -2.12. The van der Waals surface area contributed by atoms with E-state index in [0.29, 0.717) is 6.61 Å². The lowest BCUT2D eigenvalue weighted by molar-refractivity contribution is -0.00000505. The van der Waals surface area contributed by atoms with E-state index in [1.165, 1.54) is 5.56 Å². The third-order valence-electron chi connectivity index (χ3n) is 3.29. The molecule has 0 atom stereocenters. The van der Waals surface area contributed by atoms with Crippen LogP contribution < -0.4 is 27.2 Å². The minimum absolute atomic E-state index is 0.